The fourth-order valence-electron chi connectivity index (χ4n) is 0.909. The molecule has 0 saturated heterocycles. The molecule has 0 aliphatic carbocycles. The number of nitrogens with zero attached hydrogens (tertiary/aromatic N) is 2. The van der Waals surface area contributed by atoms with Crippen LogP contribution in [0.4, 0.5) is 0 Å². The Bertz CT molecular complexity index is 203. The molecule has 0 aromatic rings. The molecule has 66 valence electrons. The monoisotopic (exact) mass is 166 g/mol. The molecule has 0 bridgehead atoms. The molecule has 0 radical (unpaired) electrons. The van der Waals surface area contributed by atoms with E-state index in [9.17, 15) is 4.79 Å². The number of carbonyl (C=O) groups excluding carboxylic acids is 1. The van der Waals surface area contributed by atoms with Gasteiger partial charge in [-0.15, -0.1) is 6.58 Å². The van der Waals surface area contributed by atoms with E-state index in [0.29, 0.717) is 6.54 Å². The number of carbonyl (C=O) groups is 1. The highest BCUT2D eigenvalue weighted by Gasteiger charge is 2.13. The lowest BCUT2D eigenvalue weighted by molar-refractivity contribution is -0.131. The first-order chi connectivity index (χ1) is 5.63. The minimum absolute atomic E-state index is 0.0496. The minimum atomic E-state index is -0.132. The van der Waals surface area contributed by atoms with Gasteiger partial charge in [-0.25, -0.2) is 0 Å². The van der Waals surface area contributed by atoms with Gasteiger partial charge < -0.3 is 4.90 Å². The third-order valence-electron chi connectivity index (χ3n) is 1.50. The molecule has 0 aliphatic rings. The highest BCUT2D eigenvalue weighted by atomic mass is 16.2. The number of amides is 1. The summed E-state index contributed by atoms with van der Waals surface area (Å²) in [6, 6.07) is 1.96. The summed E-state index contributed by atoms with van der Waals surface area (Å²) in [4.78, 5) is 12.9. The Balaban J connectivity index is 4.20. The molecule has 0 unspecified atom stereocenters. The Morgan fingerprint density at radius 3 is 2.67 bits per heavy atom. The van der Waals surface area contributed by atoms with Gasteiger partial charge in [0, 0.05) is 12.6 Å². The number of nitriles is 1. The lowest BCUT2D eigenvalue weighted by Gasteiger charge is -2.24. The van der Waals surface area contributed by atoms with Gasteiger partial charge in [0.15, 0.2) is 0 Å². The molecule has 1 amide bonds. The summed E-state index contributed by atoms with van der Waals surface area (Å²) >= 11 is 0. The number of hydrogen-bond donors (Lipinski definition) is 0. The van der Waals surface area contributed by atoms with Crippen molar-refractivity contribution in [3.05, 3.63) is 12.7 Å². The molecule has 0 rings (SSSR count). The van der Waals surface area contributed by atoms with Crippen LogP contribution in [-0.4, -0.2) is 23.4 Å². The maximum absolute atomic E-state index is 11.2. The zero-order valence-corrected chi connectivity index (χ0v) is 7.58. The molecule has 0 saturated carbocycles. The SMILES string of the molecule is C=CCN(C(=O)CC#N)C(C)C. The second kappa shape index (κ2) is 5.36. The zero-order chi connectivity index (χ0) is 9.56. The fourth-order valence-corrected chi connectivity index (χ4v) is 0.909. The summed E-state index contributed by atoms with van der Waals surface area (Å²) in [6.45, 7) is 7.89. The third kappa shape index (κ3) is 3.20. The number of hydrogen-bond acceptors (Lipinski definition) is 2. The summed E-state index contributed by atoms with van der Waals surface area (Å²) in [6.07, 6.45) is 1.61. The Morgan fingerprint density at radius 1 is 1.75 bits per heavy atom. The van der Waals surface area contributed by atoms with Crippen LogP contribution in [0.1, 0.15) is 20.3 Å². The van der Waals surface area contributed by atoms with Crippen molar-refractivity contribution in [2.75, 3.05) is 6.54 Å². The molecule has 0 aromatic carbocycles. The first-order valence-corrected chi connectivity index (χ1v) is 3.90. The van der Waals surface area contributed by atoms with Crippen molar-refractivity contribution in [1.29, 1.82) is 5.26 Å². The van der Waals surface area contributed by atoms with Gasteiger partial charge in [-0.05, 0) is 13.8 Å². The van der Waals surface area contributed by atoms with Crippen LogP contribution in [0.5, 0.6) is 0 Å². The van der Waals surface area contributed by atoms with Gasteiger partial charge in [0.1, 0.15) is 6.42 Å². The van der Waals surface area contributed by atoms with E-state index in [1.54, 1.807) is 11.0 Å². The van der Waals surface area contributed by atoms with Crippen LogP contribution >= 0.6 is 0 Å². The highest BCUT2D eigenvalue weighted by molar-refractivity contribution is 5.78. The average molecular weight is 166 g/mol. The zero-order valence-electron chi connectivity index (χ0n) is 7.58. The van der Waals surface area contributed by atoms with E-state index in [4.69, 9.17) is 5.26 Å². The molecule has 0 fully saturated rings. The van der Waals surface area contributed by atoms with Gasteiger partial charge >= 0.3 is 0 Å². The Morgan fingerprint density at radius 2 is 2.33 bits per heavy atom. The molecule has 3 nitrogen and oxygen atoms in total. The van der Waals surface area contributed by atoms with Crippen molar-refractivity contribution < 1.29 is 4.79 Å². The third-order valence-corrected chi connectivity index (χ3v) is 1.50. The van der Waals surface area contributed by atoms with Crippen LogP contribution in [-0.2, 0) is 4.79 Å². The molecule has 0 heterocycles. The normalized spacial score (nSPS) is 9.17. The van der Waals surface area contributed by atoms with Crippen molar-refractivity contribution in [2.24, 2.45) is 0 Å². The average Bonchev–Trinajstić information content (AvgIpc) is 1.99. The van der Waals surface area contributed by atoms with Crippen molar-refractivity contribution in [3.8, 4) is 6.07 Å². The summed E-state index contributed by atoms with van der Waals surface area (Å²) in [7, 11) is 0. The van der Waals surface area contributed by atoms with Crippen LogP contribution < -0.4 is 0 Å². The molecule has 0 aromatic heterocycles. The molecule has 0 N–H and O–H groups in total. The summed E-state index contributed by atoms with van der Waals surface area (Å²) in [5, 5.41) is 8.31. The van der Waals surface area contributed by atoms with Crippen LogP contribution in [0.3, 0.4) is 0 Å². The van der Waals surface area contributed by atoms with E-state index >= 15 is 0 Å². The molecular formula is C9H14N2O. The molecule has 3 heteroatoms. The van der Waals surface area contributed by atoms with E-state index in [1.807, 2.05) is 19.9 Å². The van der Waals surface area contributed by atoms with Crippen molar-refractivity contribution in [1.82, 2.24) is 4.90 Å². The molecule has 0 atom stereocenters. The van der Waals surface area contributed by atoms with E-state index in [2.05, 4.69) is 6.58 Å². The van der Waals surface area contributed by atoms with Crippen LogP contribution in [0.15, 0.2) is 12.7 Å². The van der Waals surface area contributed by atoms with Gasteiger partial charge in [0.25, 0.3) is 0 Å². The Hall–Kier alpha value is -1.30. The molecule has 0 aliphatic heterocycles. The summed E-state index contributed by atoms with van der Waals surface area (Å²) in [5.74, 6) is -0.132. The van der Waals surface area contributed by atoms with Crippen LogP contribution in [0.2, 0.25) is 0 Å². The van der Waals surface area contributed by atoms with E-state index in [1.165, 1.54) is 0 Å². The quantitative estimate of drug-likeness (QED) is 0.591. The highest BCUT2D eigenvalue weighted by Crippen LogP contribution is 2.00. The van der Waals surface area contributed by atoms with Crippen molar-refractivity contribution in [2.45, 2.75) is 26.3 Å². The maximum atomic E-state index is 11.2. The van der Waals surface area contributed by atoms with Gasteiger partial charge in [0.05, 0.1) is 6.07 Å². The predicted molar refractivity (Wildman–Crippen MR) is 47.3 cm³/mol. The molecular weight excluding hydrogens is 152 g/mol. The molecule has 0 spiro atoms. The maximum Gasteiger partial charge on any atom is 0.237 e. The second-order valence-electron chi connectivity index (χ2n) is 2.76. The topological polar surface area (TPSA) is 44.1 Å². The fraction of sp³-hybridized carbons (Fsp3) is 0.556. The van der Waals surface area contributed by atoms with Crippen molar-refractivity contribution in [3.63, 3.8) is 0 Å². The first kappa shape index (κ1) is 10.7. The van der Waals surface area contributed by atoms with Gasteiger partial charge in [0.2, 0.25) is 5.91 Å². The van der Waals surface area contributed by atoms with Crippen LogP contribution in [0, 0.1) is 11.3 Å². The summed E-state index contributed by atoms with van der Waals surface area (Å²) < 4.78 is 0. The van der Waals surface area contributed by atoms with Crippen molar-refractivity contribution >= 4 is 5.91 Å². The minimum Gasteiger partial charge on any atom is -0.336 e. The standard InChI is InChI=1S/C9H14N2O/c1-4-7-11(8(2)3)9(12)5-6-10/h4,8H,1,5,7H2,2-3H3. The Labute approximate surface area is 73.3 Å². The smallest absolute Gasteiger partial charge is 0.237 e. The van der Waals surface area contributed by atoms with Gasteiger partial charge in [-0.1, -0.05) is 6.08 Å². The first-order valence-electron chi connectivity index (χ1n) is 3.90. The lowest BCUT2D eigenvalue weighted by atomic mass is 10.3. The van der Waals surface area contributed by atoms with Crippen LogP contribution in [0.25, 0.3) is 0 Å². The predicted octanol–water partition coefficient (Wildman–Crippen LogP) is 1.32. The van der Waals surface area contributed by atoms with E-state index in [0.717, 1.165) is 0 Å². The Kier molecular flexibility index (Phi) is 4.78. The number of rotatable bonds is 4. The lowest BCUT2D eigenvalue weighted by Crippen LogP contribution is -2.36. The van der Waals surface area contributed by atoms with E-state index in [-0.39, 0.29) is 18.4 Å². The molecule has 12 heavy (non-hydrogen) atoms. The van der Waals surface area contributed by atoms with E-state index < -0.39 is 0 Å². The van der Waals surface area contributed by atoms with Gasteiger partial charge in [-0.2, -0.15) is 5.26 Å². The summed E-state index contributed by atoms with van der Waals surface area (Å²) in [5.41, 5.74) is 0. The second-order valence-corrected chi connectivity index (χ2v) is 2.76. The largest absolute Gasteiger partial charge is 0.336 e. The van der Waals surface area contributed by atoms with Gasteiger partial charge in [-0.3, -0.25) is 4.79 Å².